The second-order valence-electron chi connectivity index (χ2n) is 11.4. The van der Waals surface area contributed by atoms with Crippen molar-refractivity contribution in [1.82, 2.24) is 0 Å². The van der Waals surface area contributed by atoms with E-state index in [0.29, 0.717) is 0 Å². The van der Waals surface area contributed by atoms with Crippen molar-refractivity contribution in [2.45, 2.75) is 194 Å². The van der Waals surface area contributed by atoms with Crippen LogP contribution in [0.3, 0.4) is 0 Å². The number of carboxylic acids is 2. The standard InChI is InChI=1S/2C18H34O2.O.Zr/c2*1-2-3-4-5-6-7-8-9-10-11-12-13-14-15-16-17-18(19)20;;/h2*9-10H,2-8,11-17H2,1H3,(H,19,20);;/q;;-2;+4/p-2/b2*10-9-;;. The van der Waals surface area contributed by atoms with Gasteiger partial charge in [0, 0.05) is 11.9 Å². The van der Waals surface area contributed by atoms with Gasteiger partial charge >= 0.3 is 26.2 Å². The SMILES string of the molecule is CCCCCCCC/C=C\CCCCCCCC(=O)[O-].CCCCCCCC/C=C\CCCCCCCC(=O)[O-].[O-2].[Zr+4]. The van der Waals surface area contributed by atoms with E-state index in [9.17, 15) is 19.8 Å². The van der Waals surface area contributed by atoms with Crippen LogP contribution in [0.2, 0.25) is 0 Å². The van der Waals surface area contributed by atoms with Crippen molar-refractivity contribution in [2.24, 2.45) is 0 Å². The second-order valence-corrected chi connectivity index (χ2v) is 11.4. The molecule has 0 radical (unpaired) electrons. The number of unbranched alkanes of at least 4 members (excludes halogenated alkanes) is 22. The third-order valence-electron chi connectivity index (χ3n) is 7.29. The first-order valence-electron chi connectivity index (χ1n) is 17.2. The summed E-state index contributed by atoms with van der Waals surface area (Å²) in [5.74, 6) is -1.83. The Morgan fingerprint density at radius 1 is 0.405 bits per heavy atom. The van der Waals surface area contributed by atoms with Crippen LogP contribution in [-0.4, -0.2) is 11.9 Å². The molecule has 42 heavy (non-hydrogen) atoms. The summed E-state index contributed by atoms with van der Waals surface area (Å²) in [6.07, 6.45) is 41.8. The maximum atomic E-state index is 10.2. The van der Waals surface area contributed by atoms with Gasteiger partial charge in [0.25, 0.3) is 0 Å². The quantitative estimate of drug-likeness (QED) is 0.0561. The Hall–Kier alpha value is -0.737. The number of carboxylic acid groups (broad SMARTS) is 2. The Balaban J connectivity index is -0.000000328. The zero-order valence-corrected chi connectivity index (χ0v) is 30.1. The predicted octanol–water partition coefficient (Wildman–Crippen LogP) is 9.43. The van der Waals surface area contributed by atoms with Crippen LogP contribution in [0.15, 0.2) is 24.3 Å². The first-order chi connectivity index (χ1) is 19.5. The Kier molecular flexibility index (Phi) is 51.3. The molecule has 0 bridgehead atoms. The van der Waals surface area contributed by atoms with Crippen molar-refractivity contribution >= 4 is 11.9 Å². The minimum Gasteiger partial charge on any atom is -2.00 e. The van der Waals surface area contributed by atoms with Crippen molar-refractivity contribution in [1.29, 1.82) is 0 Å². The molecule has 0 N–H and O–H groups in total. The molecule has 0 rings (SSSR count). The smallest absolute Gasteiger partial charge is 2.00 e. The number of carbonyl (C=O) groups is 2. The minimum atomic E-state index is -0.914. The van der Waals surface area contributed by atoms with Gasteiger partial charge in [-0.25, -0.2) is 0 Å². The summed E-state index contributed by atoms with van der Waals surface area (Å²) in [6, 6.07) is 0. The van der Waals surface area contributed by atoms with E-state index in [1.165, 1.54) is 128 Å². The van der Waals surface area contributed by atoms with Crippen molar-refractivity contribution in [3.05, 3.63) is 24.3 Å². The first-order valence-corrected chi connectivity index (χ1v) is 17.2. The molecule has 0 heterocycles. The maximum Gasteiger partial charge on any atom is 4.00 e. The molecular weight excluding hydrogens is 604 g/mol. The van der Waals surface area contributed by atoms with Gasteiger partial charge in [-0.05, 0) is 77.0 Å². The molecule has 0 aliphatic carbocycles. The molecule has 0 saturated carbocycles. The number of rotatable bonds is 30. The number of allylic oxidation sites excluding steroid dienone is 4. The zero-order valence-electron chi connectivity index (χ0n) is 27.6. The third kappa shape index (κ3) is 52.0. The molecular formula is C36H66O5Zr. The van der Waals surface area contributed by atoms with Crippen molar-refractivity contribution < 1.29 is 51.5 Å². The molecule has 0 fully saturated rings. The van der Waals surface area contributed by atoms with Gasteiger partial charge in [0.05, 0.1) is 0 Å². The predicted molar refractivity (Wildman–Crippen MR) is 170 cm³/mol. The first kappa shape index (κ1) is 48.2. The van der Waals surface area contributed by atoms with Crippen LogP contribution >= 0.6 is 0 Å². The molecule has 244 valence electrons. The van der Waals surface area contributed by atoms with Crippen LogP contribution in [0.1, 0.15) is 194 Å². The van der Waals surface area contributed by atoms with E-state index >= 15 is 0 Å². The molecule has 0 atom stereocenters. The Morgan fingerprint density at radius 2 is 0.619 bits per heavy atom. The normalized spacial score (nSPS) is 10.7. The Bertz CT molecular complexity index is 527. The van der Waals surface area contributed by atoms with Gasteiger partial charge in [-0.15, -0.1) is 0 Å². The van der Waals surface area contributed by atoms with Crippen LogP contribution in [0.25, 0.3) is 0 Å². The average molecular weight is 670 g/mol. The van der Waals surface area contributed by atoms with Gasteiger partial charge in [0.1, 0.15) is 0 Å². The molecule has 0 aliphatic heterocycles. The fourth-order valence-electron chi connectivity index (χ4n) is 4.68. The summed E-state index contributed by atoms with van der Waals surface area (Å²) in [5, 5.41) is 20.4. The van der Waals surface area contributed by atoms with Gasteiger partial charge < -0.3 is 25.3 Å². The molecule has 0 unspecified atom stereocenters. The molecule has 0 aromatic heterocycles. The van der Waals surface area contributed by atoms with E-state index < -0.39 is 11.9 Å². The summed E-state index contributed by atoms with van der Waals surface area (Å²) in [5.41, 5.74) is 0. The fraction of sp³-hybridized carbons (Fsp3) is 0.833. The fourth-order valence-corrected chi connectivity index (χ4v) is 4.68. The van der Waals surface area contributed by atoms with Gasteiger partial charge in [0.15, 0.2) is 0 Å². The molecule has 0 aromatic carbocycles. The topological polar surface area (TPSA) is 109 Å². The van der Waals surface area contributed by atoms with Crippen LogP contribution in [0, 0.1) is 0 Å². The van der Waals surface area contributed by atoms with Crippen LogP contribution in [-0.2, 0) is 41.3 Å². The van der Waals surface area contributed by atoms with E-state index in [-0.39, 0.29) is 44.5 Å². The minimum absolute atomic E-state index is 0. The molecule has 0 saturated heterocycles. The Labute approximate surface area is 280 Å². The molecule has 0 aliphatic rings. The third-order valence-corrected chi connectivity index (χ3v) is 7.29. The van der Waals surface area contributed by atoms with Crippen LogP contribution in [0.4, 0.5) is 0 Å². The van der Waals surface area contributed by atoms with E-state index in [1.54, 1.807) is 0 Å². The summed E-state index contributed by atoms with van der Waals surface area (Å²) >= 11 is 0. The van der Waals surface area contributed by atoms with E-state index in [1.807, 2.05) is 0 Å². The maximum absolute atomic E-state index is 10.2. The number of carbonyl (C=O) groups excluding carboxylic acids is 2. The summed E-state index contributed by atoms with van der Waals surface area (Å²) in [4.78, 5) is 20.4. The van der Waals surface area contributed by atoms with E-state index in [2.05, 4.69) is 38.2 Å². The zero-order chi connectivity index (χ0) is 29.8. The molecule has 0 spiro atoms. The second kappa shape index (κ2) is 44.7. The van der Waals surface area contributed by atoms with Gasteiger partial charge in [-0.3, -0.25) is 0 Å². The van der Waals surface area contributed by atoms with Gasteiger partial charge in [0.2, 0.25) is 0 Å². The monoisotopic (exact) mass is 668 g/mol. The van der Waals surface area contributed by atoms with Crippen molar-refractivity contribution in [3.8, 4) is 0 Å². The molecule has 0 aromatic rings. The number of hydrogen-bond acceptors (Lipinski definition) is 4. The summed E-state index contributed by atoms with van der Waals surface area (Å²) < 4.78 is 0. The summed E-state index contributed by atoms with van der Waals surface area (Å²) in [6.45, 7) is 4.51. The number of hydrogen-bond donors (Lipinski definition) is 0. The van der Waals surface area contributed by atoms with E-state index in [4.69, 9.17) is 0 Å². The average Bonchev–Trinajstić information content (AvgIpc) is 2.93. The van der Waals surface area contributed by atoms with Crippen LogP contribution < -0.4 is 10.2 Å². The molecule has 0 amide bonds. The Morgan fingerprint density at radius 3 is 0.857 bits per heavy atom. The van der Waals surface area contributed by atoms with Gasteiger partial charge in [-0.2, -0.15) is 0 Å². The van der Waals surface area contributed by atoms with Crippen molar-refractivity contribution in [3.63, 3.8) is 0 Å². The van der Waals surface area contributed by atoms with Crippen LogP contribution in [0.5, 0.6) is 0 Å². The largest absolute Gasteiger partial charge is 4.00 e. The van der Waals surface area contributed by atoms with Crippen molar-refractivity contribution in [2.75, 3.05) is 0 Å². The molecule has 6 heteroatoms. The molecule has 5 nitrogen and oxygen atoms in total. The van der Waals surface area contributed by atoms with E-state index in [0.717, 1.165) is 38.5 Å². The summed E-state index contributed by atoms with van der Waals surface area (Å²) in [7, 11) is 0. The van der Waals surface area contributed by atoms with Gasteiger partial charge in [-0.1, -0.05) is 141 Å². The number of aliphatic carboxylic acids is 2.